The number of carbonyl (C=O) groups is 1. The molecule has 1 aromatic heterocycles. The third-order valence-electron chi connectivity index (χ3n) is 4.29. The molecule has 1 fully saturated rings. The number of pyridine rings is 1. The van der Waals surface area contributed by atoms with Gasteiger partial charge in [0.25, 0.3) is 5.56 Å². The van der Waals surface area contributed by atoms with Gasteiger partial charge in [0.1, 0.15) is 5.56 Å². The van der Waals surface area contributed by atoms with Gasteiger partial charge in [0.15, 0.2) is 0 Å². The first-order valence-electron chi connectivity index (χ1n) is 7.62. The van der Waals surface area contributed by atoms with Crippen LogP contribution in [0.3, 0.4) is 0 Å². The molecule has 0 spiro atoms. The number of hydrogen-bond acceptors (Lipinski definition) is 4. The molecule has 7 nitrogen and oxygen atoms in total. The maximum absolute atomic E-state index is 12.2. The van der Waals surface area contributed by atoms with E-state index in [4.69, 9.17) is 5.11 Å². The molecule has 128 valence electrons. The topological polar surface area (TPSA) is 96.7 Å². The lowest BCUT2D eigenvalue weighted by atomic mass is 10.0. The highest BCUT2D eigenvalue weighted by Gasteiger charge is 2.29. The van der Waals surface area contributed by atoms with Crippen molar-refractivity contribution in [3.8, 4) is 0 Å². The van der Waals surface area contributed by atoms with Crippen molar-refractivity contribution in [3.05, 3.63) is 33.7 Å². The number of aromatic nitrogens is 1. The zero-order chi connectivity index (χ0) is 17.2. The van der Waals surface area contributed by atoms with Gasteiger partial charge < -0.3 is 9.67 Å². The van der Waals surface area contributed by atoms with Crippen LogP contribution in [0, 0.1) is 6.92 Å². The predicted molar refractivity (Wildman–Crippen MR) is 86.2 cm³/mol. The van der Waals surface area contributed by atoms with Crippen LogP contribution in [0.4, 0.5) is 0 Å². The van der Waals surface area contributed by atoms with Crippen LogP contribution in [-0.4, -0.2) is 47.2 Å². The van der Waals surface area contributed by atoms with Crippen LogP contribution in [0.25, 0.3) is 0 Å². The highest BCUT2D eigenvalue weighted by molar-refractivity contribution is 7.88. The van der Waals surface area contributed by atoms with Gasteiger partial charge in [-0.1, -0.05) is 6.42 Å². The fourth-order valence-electron chi connectivity index (χ4n) is 3.09. The summed E-state index contributed by atoms with van der Waals surface area (Å²) in [6, 6.07) is 1.46. The lowest BCUT2D eigenvalue weighted by molar-refractivity contribution is 0.0693. The summed E-state index contributed by atoms with van der Waals surface area (Å²) in [5.74, 6) is -1.24. The van der Waals surface area contributed by atoms with E-state index in [2.05, 4.69) is 0 Å². The summed E-state index contributed by atoms with van der Waals surface area (Å²) in [6.07, 6.45) is 5.83. The molecule has 0 aliphatic carbocycles. The summed E-state index contributed by atoms with van der Waals surface area (Å²) in [5.41, 5.74) is -0.343. The largest absolute Gasteiger partial charge is 0.477 e. The number of nitrogens with zero attached hydrogens (tertiary/aromatic N) is 2. The number of sulfonamides is 1. The Morgan fingerprint density at radius 3 is 2.70 bits per heavy atom. The normalized spacial score (nSPS) is 19.7. The second-order valence-electron chi connectivity index (χ2n) is 5.99. The molecule has 0 saturated carbocycles. The van der Waals surface area contributed by atoms with E-state index in [1.165, 1.54) is 15.1 Å². The molecule has 0 aromatic carbocycles. The first-order chi connectivity index (χ1) is 10.7. The summed E-state index contributed by atoms with van der Waals surface area (Å²) in [7, 11) is -3.27. The van der Waals surface area contributed by atoms with E-state index in [1.807, 2.05) is 0 Å². The van der Waals surface area contributed by atoms with Gasteiger partial charge in [-0.05, 0) is 37.8 Å². The third kappa shape index (κ3) is 4.00. The number of rotatable bonds is 5. The average Bonchev–Trinajstić information content (AvgIpc) is 2.45. The molecule has 0 bridgehead atoms. The molecule has 2 heterocycles. The second-order valence-corrected chi connectivity index (χ2v) is 7.92. The molecule has 1 unspecified atom stereocenters. The Kier molecular flexibility index (Phi) is 5.26. The third-order valence-corrected chi connectivity index (χ3v) is 5.62. The molecule has 8 heteroatoms. The van der Waals surface area contributed by atoms with Crippen LogP contribution in [0.1, 0.15) is 41.6 Å². The Hall–Kier alpha value is -1.67. The van der Waals surface area contributed by atoms with E-state index >= 15 is 0 Å². The molecular formula is C15H22N2O5S. The van der Waals surface area contributed by atoms with Gasteiger partial charge in [-0.3, -0.25) is 4.79 Å². The monoisotopic (exact) mass is 342 g/mol. The molecule has 1 aliphatic rings. The Morgan fingerprint density at radius 1 is 1.39 bits per heavy atom. The molecule has 1 saturated heterocycles. The fourth-order valence-corrected chi connectivity index (χ4v) is 4.30. The van der Waals surface area contributed by atoms with Crippen molar-refractivity contribution < 1.29 is 18.3 Å². The van der Waals surface area contributed by atoms with Crippen molar-refractivity contribution in [2.45, 2.75) is 45.2 Å². The van der Waals surface area contributed by atoms with Crippen LogP contribution in [0.5, 0.6) is 0 Å². The van der Waals surface area contributed by atoms with Gasteiger partial charge in [-0.15, -0.1) is 0 Å². The van der Waals surface area contributed by atoms with Gasteiger partial charge in [-0.2, -0.15) is 4.31 Å². The van der Waals surface area contributed by atoms with E-state index in [0.29, 0.717) is 25.1 Å². The van der Waals surface area contributed by atoms with E-state index in [0.717, 1.165) is 19.3 Å². The van der Waals surface area contributed by atoms with Crippen molar-refractivity contribution in [3.63, 3.8) is 0 Å². The Balaban J connectivity index is 2.19. The maximum atomic E-state index is 12.2. The number of aryl methyl sites for hydroxylation is 2. The van der Waals surface area contributed by atoms with Gasteiger partial charge >= 0.3 is 5.97 Å². The zero-order valence-corrected chi connectivity index (χ0v) is 14.2. The quantitative estimate of drug-likeness (QED) is 0.863. The molecule has 1 N–H and O–H groups in total. The zero-order valence-electron chi connectivity index (χ0n) is 13.4. The van der Waals surface area contributed by atoms with Crippen molar-refractivity contribution in [1.82, 2.24) is 8.87 Å². The lowest BCUT2D eigenvalue weighted by Crippen LogP contribution is -2.44. The van der Waals surface area contributed by atoms with E-state index < -0.39 is 21.6 Å². The Morgan fingerprint density at radius 2 is 2.09 bits per heavy atom. The van der Waals surface area contributed by atoms with Crippen molar-refractivity contribution >= 4 is 16.0 Å². The smallest absolute Gasteiger partial charge is 0.341 e. The highest BCUT2D eigenvalue weighted by Crippen LogP contribution is 2.22. The summed E-state index contributed by atoms with van der Waals surface area (Å²) >= 11 is 0. The standard InChI is InChI=1S/C15H22N2O5S/c1-11-6-9-16(14(18)13(11)15(19)20)10-7-12-5-3-4-8-17(12)23(2,21)22/h6,9,12H,3-5,7-8,10H2,1-2H3,(H,19,20). The molecule has 2 rings (SSSR count). The van der Waals surface area contributed by atoms with Crippen LogP contribution >= 0.6 is 0 Å². The van der Waals surface area contributed by atoms with E-state index in [1.54, 1.807) is 19.2 Å². The van der Waals surface area contributed by atoms with Gasteiger partial charge in [-0.25, -0.2) is 13.2 Å². The van der Waals surface area contributed by atoms with Crippen LogP contribution < -0.4 is 5.56 Å². The SMILES string of the molecule is Cc1ccn(CCC2CCCCN2S(C)(=O)=O)c(=O)c1C(=O)O. The summed E-state index contributed by atoms with van der Waals surface area (Å²) < 4.78 is 26.5. The molecule has 1 atom stereocenters. The van der Waals surface area contributed by atoms with Crippen LogP contribution in [0.2, 0.25) is 0 Å². The minimum atomic E-state index is -3.27. The van der Waals surface area contributed by atoms with E-state index in [-0.39, 0.29) is 11.6 Å². The molecule has 1 aromatic rings. The van der Waals surface area contributed by atoms with Gasteiger partial charge in [0, 0.05) is 25.3 Å². The summed E-state index contributed by atoms with van der Waals surface area (Å²) in [6.45, 7) is 2.39. The number of carboxylic acid groups (broad SMARTS) is 1. The van der Waals surface area contributed by atoms with Crippen molar-refractivity contribution in [2.24, 2.45) is 0 Å². The van der Waals surface area contributed by atoms with Crippen molar-refractivity contribution in [1.29, 1.82) is 0 Å². The van der Waals surface area contributed by atoms with E-state index in [9.17, 15) is 18.0 Å². The summed E-state index contributed by atoms with van der Waals surface area (Å²) in [5, 5.41) is 9.14. The first-order valence-corrected chi connectivity index (χ1v) is 9.47. The Labute approximate surface area is 135 Å². The van der Waals surface area contributed by atoms with Gasteiger partial charge in [0.2, 0.25) is 10.0 Å². The Bertz CT molecular complexity index is 754. The second kappa shape index (κ2) is 6.84. The van der Waals surface area contributed by atoms with Gasteiger partial charge in [0.05, 0.1) is 6.26 Å². The predicted octanol–water partition coefficient (Wildman–Crippen LogP) is 1.06. The molecule has 23 heavy (non-hydrogen) atoms. The molecule has 1 aliphatic heterocycles. The number of piperidine rings is 1. The maximum Gasteiger partial charge on any atom is 0.341 e. The lowest BCUT2D eigenvalue weighted by Gasteiger charge is -2.33. The molecule has 0 radical (unpaired) electrons. The van der Waals surface area contributed by atoms with Crippen molar-refractivity contribution in [2.75, 3.05) is 12.8 Å². The number of carboxylic acids is 1. The van der Waals surface area contributed by atoms with Crippen LogP contribution in [-0.2, 0) is 16.6 Å². The molecular weight excluding hydrogens is 320 g/mol. The summed E-state index contributed by atoms with van der Waals surface area (Å²) in [4.78, 5) is 23.4. The number of aromatic carboxylic acids is 1. The highest BCUT2D eigenvalue weighted by atomic mass is 32.2. The average molecular weight is 342 g/mol. The van der Waals surface area contributed by atoms with Crippen LogP contribution in [0.15, 0.2) is 17.1 Å². The fraction of sp³-hybridized carbons (Fsp3) is 0.600. The first kappa shape index (κ1) is 17.7. The minimum Gasteiger partial charge on any atom is -0.477 e. The number of hydrogen-bond donors (Lipinski definition) is 1. The molecule has 0 amide bonds. The minimum absolute atomic E-state index is 0.139.